The molecule has 6 nitrogen and oxygen atoms in total. The summed E-state index contributed by atoms with van der Waals surface area (Å²) < 4.78 is 36.8. The molecule has 0 aliphatic carbocycles. The Morgan fingerprint density at radius 1 is 1.24 bits per heavy atom. The van der Waals surface area contributed by atoms with Gasteiger partial charge >= 0.3 is 6.61 Å². The van der Waals surface area contributed by atoms with Gasteiger partial charge in [0.15, 0.2) is 0 Å². The van der Waals surface area contributed by atoms with Gasteiger partial charge in [-0.25, -0.2) is 0 Å². The molecule has 9 heteroatoms. The molecule has 2 aromatic heterocycles. The van der Waals surface area contributed by atoms with Crippen molar-refractivity contribution in [3.05, 3.63) is 46.6 Å². The predicted octanol–water partition coefficient (Wildman–Crippen LogP) is 4.05. The highest BCUT2D eigenvalue weighted by Gasteiger charge is 2.16. The molecule has 0 saturated heterocycles. The van der Waals surface area contributed by atoms with Crippen molar-refractivity contribution in [3.63, 3.8) is 0 Å². The molecule has 0 bridgehead atoms. The Bertz CT molecular complexity index is 879. The molecule has 2 heterocycles. The lowest BCUT2D eigenvalue weighted by atomic mass is 10.2. The summed E-state index contributed by atoms with van der Waals surface area (Å²) in [5.41, 5.74) is 1.92. The Balaban J connectivity index is 1.76. The quantitative estimate of drug-likeness (QED) is 0.656. The number of para-hydroxylation sites is 1. The van der Waals surface area contributed by atoms with Crippen molar-refractivity contribution in [2.24, 2.45) is 0 Å². The summed E-state index contributed by atoms with van der Waals surface area (Å²) in [4.78, 5) is 0. The molecule has 0 atom stereocenters. The summed E-state index contributed by atoms with van der Waals surface area (Å²) in [6.45, 7) is 1.28. The van der Waals surface area contributed by atoms with E-state index >= 15 is 0 Å². The van der Waals surface area contributed by atoms with Crippen LogP contribution in [0.2, 0.25) is 5.02 Å². The number of aromatic nitrogens is 4. The van der Waals surface area contributed by atoms with Crippen LogP contribution in [-0.4, -0.2) is 26.6 Å². The van der Waals surface area contributed by atoms with E-state index in [0.29, 0.717) is 29.4 Å². The first-order valence-electron chi connectivity index (χ1n) is 7.52. The number of benzene rings is 1. The van der Waals surface area contributed by atoms with Gasteiger partial charge in [-0.1, -0.05) is 23.7 Å². The van der Waals surface area contributed by atoms with Crippen LogP contribution in [0.3, 0.4) is 0 Å². The SMILES string of the molecule is Cc1nn(CCc2nnc(-c3ccccc3OC(F)F)o2)c(C)c1Cl. The lowest BCUT2D eigenvalue weighted by Gasteiger charge is -2.07. The molecular weight excluding hydrogens is 354 g/mol. The summed E-state index contributed by atoms with van der Waals surface area (Å²) in [7, 11) is 0. The third-order valence-electron chi connectivity index (χ3n) is 3.63. The van der Waals surface area contributed by atoms with Gasteiger partial charge in [0.2, 0.25) is 5.89 Å². The van der Waals surface area contributed by atoms with Crippen LogP contribution in [0.25, 0.3) is 11.5 Å². The highest BCUT2D eigenvalue weighted by Crippen LogP contribution is 2.30. The average molecular weight is 369 g/mol. The van der Waals surface area contributed by atoms with Gasteiger partial charge in [-0.2, -0.15) is 13.9 Å². The standard InChI is InChI=1S/C16H15ClF2N4O2/c1-9-14(17)10(2)23(22-9)8-7-13-20-21-15(25-13)11-5-3-4-6-12(11)24-16(18)19/h3-6,16H,7-8H2,1-2H3. The molecule has 1 aromatic carbocycles. The summed E-state index contributed by atoms with van der Waals surface area (Å²) in [5.74, 6) is 0.473. The van der Waals surface area contributed by atoms with Crippen molar-refractivity contribution >= 4 is 11.6 Å². The number of alkyl halides is 2. The molecule has 0 amide bonds. The monoisotopic (exact) mass is 368 g/mol. The molecule has 0 spiro atoms. The highest BCUT2D eigenvalue weighted by molar-refractivity contribution is 6.31. The van der Waals surface area contributed by atoms with Gasteiger partial charge in [-0.05, 0) is 26.0 Å². The fraction of sp³-hybridized carbons (Fsp3) is 0.312. The second kappa shape index (κ2) is 7.18. The maximum Gasteiger partial charge on any atom is 0.387 e. The molecule has 132 valence electrons. The number of nitrogens with zero attached hydrogens (tertiary/aromatic N) is 4. The Morgan fingerprint density at radius 3 is 2.68 bits per heavy atom. The van der Waals surface area contributed by atoms with Crippen molar-refractivity contribution < 1.29 is 17.9 Å². The van der Waals surface area contributed by atoms with Crippen LogP contribution >= 0.6 is 11.6 Å². The van der Waals surface area contributed by atoms with Gasteiger partial charge in [0.25, 0.3) is 5.89 Å². The number of hydrogen-bond acceptors (Lipinski definition) is 5. The summed E-state index contributed by atoms with van der Waals surface area (Å²) in [6, 6.07) is 6.26. The van der Waals surface area contributed by atoms with Gasteiger partial charge in [0, 0.05) is 13.0 Å². The Morgan fingerprint density at radius 2 is 2.00 bits per heavy atom. The molecule has 0 saturated carbocycles. The van der Waals surface area contributed by atoms with Crippen LogP contribution in [0, 0.1) is 13.8 Å². The number of ether oxygens (including phenoxy) is 1. The van der Waals surface area contributed by atoms with E-state index in [4.69, 9.17) is 16.0 Å². The van der Waals surface area contributed by atoms with Gasteiger partial charge in [0.1, 0.15) is 5.75 Å². The van der Waals surface area contributed by atoms with E-state index in [0.717, 1.165) is 11.4 Å². The zero-order valence-corrected chi connectivity index (χ0v) is 14.3. The van der Waals surface area contributed by atoms with Crippen LogP contribution in [0.4, 0.5) is 8.78 Å². The van der Waals surface area contributed by atoms with E-state index in [1.807, 2.05) is 13.8 Å². The Labute approximate surface area is 147 Å². The maximum absolute atomic E-state index is 12.5. The van der Waals surface area contributed by atoms with E-state index in [1.165, 1.54) is 6.07 Å². The van der Waals surface area contributed by atoms with Crippen molar-refractivity contribution in [1.82, 2.24) is 20.0 Å². The van der Waals surface area contributed by atoms with Crippen LogP contribution in [-0.2, 0) is 13.0 Å². The number of rotatable bonds is 6. The normalized spacial score (nSPS) is 11.3. The van der Waals surface area contributed by atoms with E-state index < -0.39 is 6.61 Å². The zero-order chi connectivity index (χ0) is 18.0. The summed E-state index contributed by atoms with van der Waals surface area (Å²) >= 11 is 6.11. The lowest BCUT2D eigenvalue weighted by Crippen LogP contribution is -2.05. The number of halogens is 3. The van der Waals surface area contributed by atoms with Crippen molar-refractivity contribution in [2.75, 3.05) is 0 Å². The summed E-state index contributed by atoms with van der Waals surface area (Å²) in [6.07, 6.45) is 0.434. The van der Waals surface area contributed by atoms with Gasteiger partial charge in [-0.15, -0.1) is 10.2 Å². The van der Waals surface area contributed by atoms with E-state index in [1.54, 1.807) is 22.9 Å². The van der Waals surface area contributed by atoms with Gasteiger partial charge < -0.3 is 9.15 Å². The lowest BCUT2D eigenvalue weighted by molar-refractivity contribution is -0.0495. The van der Waals surface area contributed by atoms with Gasteiger partial charge in [0.05, 0.1) is 22.0 Å². The van der Waals surface area contributed by atoms with Crippen LogP contribution in [0.1, 0.15) is 17.3 Å². The fourth-order valence-electron chi connectivity index (χ4n) is 2.40. The molecule has 0 radical (unpaired) electrons. The summed E-state index contributed by atoms with van der Waals surface area (Å²) in [5, 5.41) is 12.8. The molecule has 3 aromatic rings. The number of aryl methyl sites for hydroxylation is 3. The third-order valence-corrected chi connectivity index (χ3v) is 4.18. The molecule has 0 N–H and O–H groups in total. The highest BCUT2D eigenvalue weighted by atomic mass is 35.5. The minimum absolute atomic E-state index is 0.0157. The van der Waals surface area contributed by atoms with E-state index in [9.17, 15) is 8.78 Å². The van der Waals surface area contributed by atoms with Crippen molar-refractivity contribution in [1.29, 1.82) is 0 Å². The van der Waals surface area contributed by atoms with E-state index in [2.05, 4.69) is 20.0 Å². The van der Waals surface area contributed by atoms with Crippen molar-refractivity contribution in [2.45, 2.75) is 33.4 Å². The van der Waals surface area contributed by atoms with Crippen LogP contribution < -0.4 is 4.74 Å². The second-order valence-corrected chi connectivity index (χ2v) is 5.71. The molecule has 25 heavy (non-hydrogen) atoms. The molecule has 0 fully saturated rings. The first-order valence-corrected chi connectivity index (χ1v) is 7.89. The molecule has 0 aliphatic rings. The molecular formula is C16H15ClF2N4O2. The molecule has 3 rings (SSSR count). The zero-order valence-electron chi connectivity index (χ0n) is 13.5. The average Bonchev–Trinajstić information content (AvgIpc) is 3.14. The topological polar surface area (TPSA) is 66.0 Å². The van der Waals surface area contributed by atoms with Crippen molar-refractivity contribution in [3.8, 4) is 17.2 Å². The second-order valence-electron chi connectivity index (χ2n) is 5.33. The minimum atomic E-state index is -2.93. The molecule has 0 aliphatic heterocycles. The number of hydrogen-bond donors (Lipinski definition) is 0. The largest absolute Gasteiger partial charge is 0.434 e. The first-order chi connectivity index (χ1) is 12.0. The van der Waals surface area contributed by atoms with E-state index in [-0.39, 0.29) is 11.6 Å². The predicted molar refractivity (Wildman–Crippen MR) is 86.8 cm³/mol. The maximum atomic E-state index is 12.5. The van der Waals surface area contributed by atoms with Crippen LogP contribution in [0.5, 0.6) is 5.75 Å². The first kappa shape index (κ1) is 17.3. The Hall–Kier alpha value is -2.48. The Kier molecular flexibility index (Phi) is 4.98. The third kappa shape index (κ3) is 3.79. The van der Waals surface area contributed by atoms with Crippen LogP contribution in [0.15, 0.2) is 28.7 Å². The fourth-order valence-corrected chi connectivity index (χ4v) is 2.54. The molecule has 0 unspecified atom stereocenters. The minimum Gasteiger partial charge on any atom is -0.434 e. The van der Waals surface area contributed by atoms with Gasteiger partial charge in [-0.3, -0.25) is 4.68 Å². The smallest absolute Gasteiger partial charge is 0.387 e.